The molecular weight excluding hydrogens is 436 g/mol. The van der Waals surface area contributed by atoms with Crippen molar-refractivity contribution in [2.24, 2.45) is 5.92 Å². The van der Waals surface area contributed by atoms with E-state index in [0.717, 1.165) is 0 Å². The molecule has 0 bridgehead atoms. The van der Waals surface area contributed by atoms with E-state index in [1.807, 2.05) is 18.2 Å². The summed E-state index contributed by atoms with van der Waals surface area (Å²) in [5, 5.41) is 2.55. The van der Waals surface area contributed by atoms with Crippen molar-refractivity contribution in [2.45, 2.75) is 38.5 Å². The highest BCUT2D eigenvalue weighted by Gasteiger charge is 2.50. The first-order valence-electron chi connectivity index (χ1n) is 12.2. The van der Waals surface area contributed by atoms with E-state index in [-0.39, 0.29) is 17.1 Å². The maximum absolute atomic E-state index is 7.15. The summed E-state index contributed by atoms with van der Waals surface area (Å²) in [7, 11) is -2.58. The molecule has 0 aromatic heterocycles. The van der Waals surface area contributed by atoms with Gasteiger partial charge in [-0.3, -0.25) is 0 Å². The Morgan fingerprint density at radius 2 is 1.35 bits per heavy atom. The average Bonchev–Trinajstić information content (AvgIpc) is 2.86. The van der Waals surface area contributed by atoms with Crippen LogP contribution in [-0.2, 0) is 20.5 Å². The third kappa shape index (κ3) is 5.58. The van der Waals surface area contributed by atoms with Crippen molar-refractivity contribution in [1.82, 2.24) is 0 Å². The van der Waals surface area contributed by atoms with Crippen LogP contribution < -0.4 is 10.4 Å². The summed E-state index contributed by atoms with van der Waals surface area (Å²) in [5.74, 6) is 0.145. The van der Waals surface area contributed by atoms with Crippen LogP contribution >= 0.6 is 0 Å². The Kier molecular flexibility index (Phi) is 8.17. The van der Waals surface area contributed by atoms with E-state index in [1.165, 1.54) is 15.9 Å². The second kappa shape index (κ2) is 11.3. The van der Waals surface area contributed by atoms with Gasteiger partial charge in [0.05, 0.1) is 25.9 Å². The number of benzene rings is 3. The van der Waals surface area contributed by atoms with E-state index >= 15 is 0 Å². The molecule has 0 amide bonds. The van der Waals surface area contributed by atoms with Gasteiger partial charge in [-0.25, -0.2) is 0 Å². The molecule has 1 aliphatic heterocycles. The highest BCUT2D eigenvalue weighted by molar-refractivity contribution is 6.99. The predicted molar refractivity (Wildman–Crippen MR) is 142 cm³/mol. The molecule has 4 rings (SSSR count). The standard InChI is InChI=1S/C30H36O3Si/c1-30(2,3)34(27-17-9-5-10-18-27,28-19-11-6-12-20-28)33-23-26-16-13-21-32-29(26)24-31-22-25-14-7-4-8-15-25/h4-20,26,29H,21-24H2,1-3H3/t26-,29+/m0/s1. The number of hydrogen-bond acceptors (Lipinski definition) is 3. The molecule has 1 heterocycles. The number of rotatable bonds is 9. The molecule has 0 spiro atoms. The van der Waals surface area contributed by atoms with Gasteiger partial charge in [0.1, 0.15) is 0 Å². The molecule has 34 heavy (non-hydrogen) atoms. The first-order chi connectivity index (χ1) is 16.5. The zero-order chi connectivity index (χ0) is 23.9. The predicted octanol–water partition coefficient (Wildman–Crippen LogP) is 5.35. The molecule has 178 valence electrons. The monoisotopic (exact) mass is 472 g/mol. The lowest BCUT2D eigenvalue weighted by atomic mass is 10.0. The summed E-state index contributed by atoms with van der Waals surface area (Å²) in [6.45, 7) is 9.30. The highest BCUT2D eigenvalue weighted by atomic mass is 28.4. The first-order valence-corrected chi connectivity index (χ1v) is 14.1. The van der Waals surface area contributed by atoms with Crippen molar-refractivity contribution in [3.63, 3.8) is 0 Å². The summed E-state index contributed by atoms with van der Waals surface area (Å²) < 4.78 is 19.3. The molecule has 3 aromatic carbocycles. The largest absolute Gasteiger partial charge is 0.407 e. The van der Waals surface area contributed by atoms with Crippen molar-refractivity contribution >= 4 is 18.7 Å². The van der Waals surface area contributed by atoms with Gasteiger partial charge in [-0.05, 0) is 21.0 Å². The molecule has 3 aromatic rings. The Balaban J connectivity index is 1.55. The Labute approximate surface area is 205 Å². The van der Waals surface area contributed by atoms with Gasteiger partial charge in [0, 0.05) is 12.5 Å². The van der Waals surface area contributed by atoms with Crippen LogP contribution in [-0.4, -0.2) is 34.2 Å². The normalized spacial score (nSPS) is 18.7. The highest BCUT2D eigenvalue weighted by Crippen LogP contribution is 2.37. The van der Waals surface area contributed by atoms with Gasteiger partial charge >= 0.3 is 0 Å². The molecule has 0 unspecified atom stereocenters. The van der Waals surface area contributed by atoms with Gasteiger partial charge in [-0.15, -0.1) is 0 Å². The van der Waals surface area contributed by atoms with Crippen LogP contribution in [0.1, 0.15) is 26.3 Å². The maximum atomic E-state index is 7.15. The fraction of sp³-hybridized carbons (Fsp3) is 0.333. The minimum atomic E-state index is -2.58. The molecule has 2 atom stereocenters. The van der Waals surface area contributed by atoms with Gasteiger partial charge in [-0.1, -0.05) is 124 Å². The topological polar surface area (TPSA) is 27.7 Å². The van der Waals surface area contributed by atoms with Crippen molar-refractivity contribution in [3.05, 3.63) is 109 Å². The van der Waals surface area contributed by atoms with Crippen LogP contribution in [0, 0.1) is 5.92 Å². The Morgan fingerprint density at radius 1 is 0.794 bits per heavy atom. The first kappa shape index (κ1) is 24.6. The molecule has 3 nitrogen and oxygen atoms in total. The lowest BCUT2D eigenvalue weighted by Gasteiger charge is -2.44. The van der Waals surface area contributed by atoms with Crippen LogP contribution in [0.3, 0.4) is 0 Å². The van der Waals surface area contributed by atoms with E-state index in [1.54, 1.807) is 0 Å². The van der Waals surface area contributed by atoms with E-state index in [9.17, 15) is 0 Å². The smallest absolute Gasteiger partial charge is 0.261 e. The van der Waals surface area contributed by atoms with Crippen molar-refractivity contribution < 1.29 is 13.9 Å². The molecular formula is C30H36O3Si. The summed E-state index contributed by atoms with van der Waals surface area (Å²) in [5.41, 5.74) is 1.17. The molecule has 0 fully saturated rings. The van der Waals surface area contributed by atoms with Crippen molar-refractivity contribution in [1.29, 1.82) is 0 Å². The van der Waals surface area contributed by atoms with Crippen LogP contribution in [0.25, 0.3) is 0 Å². The summed E-state index contributed by atoms with van der Waals surface area (Å²) >= 11 is 0. The van der Waals surface area contributed by atoms with Gasteiger partial charge in [0.15, 0.2) is 0 Å². The second-order valence-electron chi connectivity index (χ2n) is 9.94. The third-order valence-electron chi connectivity index (χ3n) is 6.57. The number of hydrogen-bond donors (Lipinski definition) is 0. The third-order valence-corrected chi connectivity index (χ3v) is 11.6. The van der Waals surface area contributed by atoms with E-state index in [0.29, 0.717) is 26.4 Å². The Bertz CT molecular complexity index is 989. The maximum Gasteiger partial charge on any atom is 0.261 e. The van der Waals surface area contributed by atoms with Gasteiger partial charge < -0.3 is 13.9 Å². The van der Waals surface area contributed by atoms with Crippen LogP contribution in [0.4, 0.5) is 0 Å². The minimum Gasteiger partial charge on any atom is -0.407 e. The van der Waals surface area contributed by atoms with Gasteiger partial charge in [-0.2, -0.15) is 0 Å². The molecule has 4 heteroatoms. The minimum absolute atomic E-state index is 0.0214. The average molecular weight is 473 g/mol. The van der Waals surface area contributed by atoms with E-state index < -0.39 is 8.32 Å². The zero-order valence-electron chi connectivity index (χ0n) is 20.5. The Hall–Kier alpha value is -2.50. The number of ether oxygens (including phenoxy) is 2. The summed E-state index contributed by atoms with van der Waals surface area (Å²) in [6.07, 6.45) is 4.33. The Morgan fingerprint density at radius 3 is 1.91 bits per heavy atom. The lowest BCUT2D eigenvalue weighted by Crippen LogP contribution is -2.67. The van der Waals surface area contributed by atoms with E-state index in [2.05, 4.69) is 106 Å². The quantitative estimate of drug-likeness (QED) is 0.310. The molecule has 0 aliphatic carbocycles. The zero-order valence-corrected chi connectivity index (χ0v) is 21.5. The molecule has 0 N–H and O–H groups in total. The fourth-order valence-electron chi connectivity index (χ4n) is 4.84. The molecule has 0 radical (unpaired) electrons. The lowest BCUT2D eigenvalue weighted by molar-refractivity contribution is -0.0465. The molecule has 1 aliphatic rings. The van der Waals surface area contributed by atoms with E-state index in [4.69, 9.17) is 13.9 Å². The van der Waals surface area contributed by atoms with Crippen LogP contribution in [0.2, 0.25) is 5.04 Å². The van der Waals surface area contributed by atoms with Crippen LogP contribution in [0.5, 0.6) is 0 Å². The van der Waals surface area contributed by atoms with Crippen LogP contribution in [0.15, 0.2) is 103 Å². The second-order valence-corrected chi connectivity index (χ2v) is 14.2. The summed E-state index contributed by atoms with van der Waals surface area (Å²) in [6, 6.07) is 31.9. The molecule has 0 saturated heterocycles. The van der Waals surface area contributed by atoms with Crippen molar-refractivity contribution in [3.8, 4) is 0 Å². The van der Waals surface area contributed by atoms with Gasteiger partial charge in [0.2, 0.25) is 0 Å². The SMILES string of the molecule is CC(C)(C)[Si](OC[C@@H]1C=CCO[C@@H]1COCc1ccccc1)(c1ccccc1)c1ccccc1. The fourth-order valence-corrected chi connectivity index (χ4v) is 9.44. The van der Waals surface area contributed by atoms with Gasteiger partial charge in [0.25, 0.3) is 8.32 Å². The molecule has 0 saturated carbocycles. The summed E-state index contributed by atoms with van der Waals surface area (Å²) in [4.78, 5) is 0. The van der Waals surface area contributed by atoms with Crippen molar-refractivity contribution in [2.75, 3.05) is 19.8 Å².